The van der Waals surface area contributed by atoms with Crippen molar-refractivity contribution in [2.75, 3.05) is 11.5 Å². The first kappa shape index (κ1) is 11.4. The number of carbonyl (C=O) groups is 2. The van der Waals surface area contributed by atoms with Crippen molar-refractivity contribution in [2.24, 2.45) is 11.8 Å². The molecule has 92 valence electrons. The molecule has 1 aromatic heterocycles. The van der Waals surface area contributed by atoms with Gasteiger partial charge in [0.15, 0.2) is 5.13 Å². The normalized spacial score (nSPS) is 24.8. The van der Waals surface area contributed by atoms with E-state index in [1.54, 1.807) is 6.20 Å². The zero-order valence-electron chi connectivity index (χ0n) is 9.42. The molecular weight excluding hydrogens is 252 g/mol. The molecule has 1 aliphatic carbocycles. The van der Waals surface area contributed by atoms with Gasteiger partial charge in [-0.05, 0) is 6.42 Å². The van der Waals surface area contributed by atoms with E-state index in [1.807, 2.05) is 0 Å². The van der Waals surface area contributed by atoms with Crippen LogP contribution in [0.4, 0.5) is 5.13 Å². The number of rotatable bonds is 2. The van der Waals surface area contributed by atoms with Gasteiger partial charge in [0, 0.05) is 6.42 Å². The Bertz CT molecular complexity index is 564. The van der Waals surface area contributed by atoms with Gasteiger partial charge in [0.2, 0.25) is 11.8 Å². The van der Waals surface area contributed by atoms with Crippen LogP contribution in [-0.4, -0.2) is 28.5 Å². The molecule has 2 atom stereocenters. The van der Waals surface area contributed by atoms with Crippen molar-refractivity contribution in [2.45, 2.75) is 12.8 Å². The second-order valence-electron chi connectivity index (χ2n) is 4.24. The van der Waals surface area contributed by atoms with Gasteiger partial charge in [-0.15, -0.1) is 0 Å². The minimum Gasteiger partial charge on any atom is -0.395 e. The van der Waals surface area contributed by atoms with Gasteiger partial charge in [-0.1, -0.05) is 23.2 Å². The summed E-state index contributed by atoms with van der Waals surface area (Å²) in [4.78, 5) is 29.6. The van der Waals surface area contributed by atoms with Crippen LogP contribution in [0.25, 0.3) is 0 Å². The molecule has 6 heteroatoms. The van der Waals surface area contributed by atoms with Crippen LogP contribution >= 0.6 is 11.3 Å². The maximum atomic E-state index is 11.8. The molecule has 3 rings (SSSR count). The summed E-state index contributed by atoms with van der Waals surface area (Å²) in [6, 6.07) is 0. The highest BCUT2D eigenvalue weighted by molar-refractivity contribution is 7.16. The number of amides is 2. The summed E-state index contributed by atoms with van der Waals surface area (Å²) in [5.41, 5.74) is 0. The number of aliphatic hydroxyl groups is 1. The maximum absolute atomic E-state index is 11.8. The molecule has 1 saturated heterocycles. The second-order valence-corrected chi connectivity index (χ2v) is 5.25. The van der Waals surface area contributed by atoms with Gasteiger partial charge in [0.1, 0.15) is 0 Å². The highest BCUT2D eigenvalue weighted by atomic mass is 32.1. The highest BCUT2D eigenvalue weighted by Gasteiger charge is 2.59. The van der Waals surface area contributed by atoms with Gasteiger partial charge in [-0.25, -0.2) is 9.88 Å². The third kappa shape index (κ3) is 1.72. The largest absolute Gasteiger partial charge is 0.395 e. The Morgan fingerprint density at radius 2 is 2.17 bits per heavy atom. The Kier molecular flexibility index (Phi) is 2.65. The summed E-state index contributed by atoms with van der Waals surface area (Å²) in [6.07, 6.45) is 2.65. The molecule has 0 spiro atoms. The predicted molar refractivity (Wildman–Crippen MR) is 64.8 cm³/mol. The average Bonchev–Trinajstić information content (AvgIpc) is 2.97. The molecule has 2 heterocycles. The SMILES string of the molecule is O=C1C2CC2C(=O)N1c1ncc(C#CCCO)s1. The lowest BCUT2D eigenvalue weighted by Crippen LogP contribution is -2.32. The van der Waals surface area contributed by atoms with E-state index < -0.39 is 0 Å². The van der Waals surface area contributed by atoms with Crippen molar-refractivity contribution in [3.63, 3.8) is 0 Å². The van der Waals surface area contributed by atoms with Crippen molar-refractivity contribution in [1.82, 2.24) is 4.98 Å². The average molecular weight is 262 g/mol. The molecule has 1 saturated carbocycles. The fourth-order valence-corrected chi connectivity index (χ4v) is 2.80. The van der Waals surface area contributed by atoms with Crippen LogP contribution in [0.15, 0.2) is 6.20 Å². The number of fused-ring (bicyclic) bond motifs is 1. The van der Waals surface area contributed by atoms with E-state index >= 15 is 0 Å². The zero-order valence-corrected chi connectivity index (χ0v) is 10.2. The first-order valence-electron chi connectivity index (χ1n) is 5.65. The van der Waals surface area contributed by atoms with E-state index in [4.69, 9.17) is 5.11 Å². The summed E-state index contributed by atoms with van der Waals surface area (Å²) < 4.78 is 0. The summed E-state index contributed by atoms with van der Waals surface area (Å²) in [7, 11) is 0. The lowest BCUT2D eigenvalue weighted by atomic mass is 10.4. The van der Waals surface area contributed by atoms with Crippen LogP contribution in [0.2, 0.25) is 0 Å². The van der Waals surface area contributed by atoms with Gasteiger partial charge < -0.3 is 5.11 Å². The van der Waals surface area contributed by atoms with Crippen molar-refractivity contribution >= 4 is 28.3 Å². The van der Waals surface area contributed by atoms with E-state index in [9.17, 15) is 9.59 Å². The van der Waals surface area contributed by atoms with E-state index in [1.165, 1.54) is 16.2 Å². The number of hydrogen-bond donors (Lipinski definition) is 1. The minimum absolute atomic E-state index is 0.0190. The fourth-order valence-electron chi connectivity index (χ4n) is 2.00. The fraction of sp³-hybridized carbons (Fsp3) is 0.417. The molecule has 0 aromatic carbocycles. The minimum atomic E-state index is -0.130. The van der Waals surface area contributed by atoms with Crippen LogP contribution in [0.1, 0.15) is 17.7 Å². The van der Waals surface area contributed by atoms with Crippen molar-refractivity contribution in [3.8, 4) is 11.8 Å². The van der Waals surface area contributed by atoms with E-state index in [0.717, 1.165) is 0 Å². The zero-order chi connectivity index (χ0) is 12.7. The number of aliphatic hydroxyl groups excluding tert-OH is 1. The summed E-state index contributed by atoms with van der Waals surface area (Å²) in [5.74, 6) is 5.14. The lowest BCUT2D eigenvalue weighted by molar-refractivity contribution is -0.123. The van der Waals surface area contributed by atoms with Gasteiger partial charge >= 0.3 is 0 Å². The van der Waals surface area contributed by atoms with Gasteiger partial charge in [0.25, 0.3) is 0 Å². The summed E-state index contributed by atoms with van der Waals surface area (Å²) >= 11 is 1.23. The topological polar surface area (TPSA) is 70.5 Å². The molecule has 18 heavy (non-hydrogen) atoms. The Morgan fingerprint density at radius 3 is 2.83 bits per heavy atom. The number of thiazole rings is 1. The van der Waals surface area contributed by atoms with Gasteiger partial charge in [-0.3, -0.25) is 9.59 Å². The monoisotopic (exact) mass is 262 g/mol. The Labute approximate surface area is 107 Å². The molecule has 5 nitrogen and oxygen atoms in total. The quantitative estimate of drug-likeness (QED) is 0.618. The molecule has 2 unspecified atom stereocenters. The first-order valence-corrected chi connectivity index (χ1v) is 6.47. The molecule has 0 radical (unpaired) electrons. The molecule has 1 aliphatic heterocycles. The molecule has 2 amide bonds. The number of piperidine rings is 1. The number of hydrogen-bond acceptors (Lipinski definition) is 5. The Balaban J connectivity index is 1.80. The van der Waals surface area contributed by atoms with Crippen LogP contribution in [0.3, 0.4) is 0 Å². The number of imide groups is 1. The standard InChI is InChI=1S/C12H10N2O3S/c15-4-2-1-3-7-6-13-12(18-7)14-10(16)8-5-9(8)11(14)17/h6,8-9,15H,2,4-5H2. The lowest BCUT2D eigenvalue weighted by Gasteiger charge is -2.11. The predicted octanol–water partition coefficient (Wildman–Crippen LogP) is 0.386. The van der Waals surface area contributed by atoms with Crippen LogP contribution in [0, 0.1) is 23.7 Å². The van der Waals surface area contributed by atoms with E-state index in [2.05, 4.69) is 16.8 Å². The number of anilines is 1. The Morgan fingerprint density at radius 1 is 1.44 bits per heavy atom. The smallest absolute Gasteiger partial charge is 0.239 e. The van der Waals surface area contributed by atoms with Crippen molar-refractivity contribution in [3.05, 3.63) is 11.1 Å². The molecule has 2 fully saturated rings. The van der Waals surface area contributed by atoms with E-state index in [-0.39, 0.29) is 30.3 Å². The van der Waals surface area contributed by atoms with Gasteiger partial charge in [0.05, 0.1) is 29.5 Å². The van der Waals surface area contributed by atoms with E-state index in [0.29, 0.717) is 22.9 Å². The molecule has 0 bridgehead atoms. The van der Waals surface area contributed by atoms with Crippen molar-refractivity contribution < 1.29 is 14.7 Å². The van der Waals surface area contributed by atoms with Crippen molar-refractivity contribution in [1.29, 1.82) is 0 Å². The maximum Gasteiger partial charge on any atom is 0.239 e. The molecular formula is C12H10N2O3S. The number of carbonyl (C=O) groups excluding carboxylic acids is 2. The summed E-state index contributed by atoms with van der Waals surface area (Å²) in [5, 5.41) is 9.02. The molecule has 2 aliphatic rings. The third-order valence-corrected chi connectivity index (χ3v) is 3.90. The number of nitrogens with zero attached hydrogens (tertiary/aromatic N) is 2. The third-order valence-electron chi connectivity index (χ3n) is 3.00. The van der Waals surface area contributed by atoms with Crippen LogP contribution in [-0.2, 0) is 9.59 Å². The number of aromatic nitrogens is 1. The first-order chi connectivity index (χ1) is 8.72. The second kappa shape index (κ2) is 4.19. The summed E-state index contributed by atoms with van der Waals surface area (Å²) in [6.45, 7) is 0.0190. The highest BCUT2D eigenvalue weighted by Crippen LogP contribution is 2.48. The van der Waals surface area contributed by atoms with Crippen LogP contribution in [0.5, 0.6) is 0 Å². The van der Waals surface area contributed by atoms with Crippen LogP contribution < -0.4 is 4.90 Å². The molecule has 1 N–H and O–H groups in total. The Hall–Kier alpha value is -1.71. The molecule has 1 aromatic rings. The van der Waals surface area contributed by atoms with Gasteiger partial charge in [-0.2, -0.15) is 0 Å².